The van der Waals surface area contributed by atoms with Gasteiger partial charge in [-0.3, -0.25) is 9.59 Å². The molecular formula is C10H7BrF2O2. The fourth-order valence-corrected chi connectivity index (χ4v) is 1.24. The lowest BCUT2D eigenvalue weighted by Crippen LogP contribution is -2.15. The minimum absolute atomic E-state index is 0.257. The van der Waals surface area contributed by atoms with E-state index >= 15 is 0 Å². The minimum atomic E-state index is -3.08. The van der Waals surface area contributed by atoms with Crippen LogP contribution in [0.1, 0.15) is 16.8 Å². The molecule has 0 bridgehead atoms. The third-order valence-corrected chi connectivity index (χ3v) is 2.27. The van der Waals surface area contributed by atoms with E-state index in [0.717, 1.165) is 4.47 Å². The SMILES string of the molecule is O=C(CC(=O)C(F)F)c1ccc(Br)cc1. The van der Waals surface area contributed by atoms with Crippen molar-refractivity contribution in [2.45, 2.75) is 12.8 Å². The van der Waals surface area contributed by atoms with Crippen molar-refractivity contribution in [1.82, 2.24) is 0 Å². The molecule has 1 rings (SSSR count). The monoisotopic (exact) mass is 276 g/mol. The first-order valence-electron chi connectivity index (χ1n) is 4.10. The van der Waals surface area contributed by atoms with Gasteiger partial charge in [-0.15, -0.1) is 0 Å². The van der Waals surface area contributed by atoms with E-state index in [4.69, 9.17) is 0 Å². The number of ketones is 2. The quantitative estimate of drug-likeness (QED) is 0.626. The van der Waals surface area contributed by atoms with Gasteiger partial charge in [0.05, 0.1) is 6.42 Å². The Morgan fingerprint density at radius 3 is 2.20 bits per heavy atom. The molecule has 15 heavy (non-hydrogen) atoms. The molecule has 0 heterocycles. The number of carbonyl (C=O) groups is 2. The van der Waals surface area contributed by atoms with E-state index in [9.17, 15) is 18.4 Å². The predicted molar refractivity (Wildman–Crippen MR) is 54.1 cm³/mol. The molecule has 2 nitrogen and oxygen atoms in total. The molecule has 0 aliphatic heterocycles. The predicted octanol–water partition coefficient (Wildman–Crippen LogP) is 2.86. The Hall–Kier alpha value is -1.10. The van der Waals surface area contributed by atoms with Gasteiger partial charge in [-0.1, -0.05) is 28.1 Å². The van der Waals surface area contributed by atoms with Gasteiger partial charge in [0, 0.05) is 10.0 Å². The number of rotatable bonds is 4. The summed E-state index contributed by atoms with van der Waals surface area (Å²) in [6, 6.07) is 6.18. The van der Waals surface area contributed by atoms with Crippen molar-refractivity contribution in [3.63, 3.8) is 0 Å². The molecule has 0 atom stereocenters. The number of hydrogen-bond acceptors (Lipinski definition) is 2. The Kier molecular flexibility index (Phi) is 4.08. The van der Waals surface area contributed by atoms with Gasteiger partial charge in [-0.2, -0.15) is 0 Å². The summed E-state index contributed by atoms with van der Waals surface area (Å²) >= 11 is 3.17. The summed E-state index contributed by atoms with van der Waals surface area (Å²) in [7, 11) is 0. The second-order valence-electron chi connectivity index (χ2n) is 2.87. The number of alkyl halides is 2. The van der Waals surface area contributed by atoms with E-state index in [-0.39, 0.29) is 5.56 Å². The summed E-state index contributed by atoms with van der Waals surface area (Å²) in [5, 5.41) is 0. The average molecular weight is 277 g/mol. The standard InChI is InChI=1S/C10H7BrF2O2/c11-7-3-1-6(2-4-7)8(14)5-9(15)10(12)13/h1-4,10H,5H2. The van der Waals surface area contributed by atoms with Gasteiger partial charge in [0.1, 0.15) is 0 Å². The van der Waals surface area contributed by atoms with Crippen molar-refractivity contribution in [2.75, 3.05) is 0 Å². The minimum Gasteiger partial charge on any atom is -0.294 e. The van der Waals surface area contributed by atoms with Gasteiger partial charge >= 0.3 is 0 Å². The first kappa shape index (κ1) is 12.0. The maximum absolute atomic E-state index is 11.9. The smallest absolute Gasteiger partial charge is 0.294 e. The van der Waals surface area contributed by atoms with E-state index in [2.05, 4.69) is 15.9 Å². The molecule has 0 aromatic heterocycles. The van der Waals surface area contributed by atoms with Crippen LogP contribution in [0.5, 0.6) is 0 Å². The van der Waals surface area contributed by atoms with Crippen LogP contribution in [0.15, 0.2) is 28.7 Å². The third-order valence-electron chi connectivity index (χ3n) is 1.74. The summed E-state index contributed by atoms with van der Waals surface area (Å²) in [5.74, 6) is -1.93. The van der Waals surface area contributed by atoms with E-state index in [1.807, 2.05) is 0 Å². The first-order valence-corrected chi connectivity index (χ1v) is 4.89. The Bertz CT molecular complexity index is 374. The molecule has 0 N–H and O–H groups in total. The van der Waals surface area contributed by atoms with E-state index < -0.39 is 24.4 Å². The summed E-state index contributed by atoms with van der Waals surface area (Å²) in [6.07, 6.45) is -3.83. The van der Waals surface area contributed by atoms with Gasteiger partial charge < -0.3 is 0 Å². The molecule has 0 spiro atoms. The number of benzene rings is 1. The molecule has 0 radical (unpaired) electrons. The lowest BCUT2D eigenvalue weighted by Gasteiger charge is -2.00. The van der Waals surface area contributed by atoms with Crippen LogP contribution in [-0.2, 0) is 4.79 Å². The molecule has 80 valence electrons. The van der Waals surface area contributed by atoms with Gasteiger partial charge in [-0.25, -0.2) is 8.78 Å². The van der Waals surface area contributed by atoms with Crippen molar-refractivity contribution in [3.8, 4) is 0 Å². The van der Waals surface area contributed by atoms with Crippen LogP contribution < -0.4 is 0 Å². The van der Waals surface area contributed by atoms with Crippen molar-refractivity contribution >= 4 is 27.5 Å². The van der Waals surface area contributed by atoms with Crippen molar-refractivity contribution < 1.29 is 18.4 Å². The van der Waals surface area contributed by atoms with Crippen LogP contribution in [0.3, 0.4) is 0 Å². The highest BCUT2D eigenvalue weighted by molar-refractivity contribution is 9.10. The molecule has 0 saturated carbocycles. The van der Waals surface area contributed by atoms with E-state index in [1.54, 1.807) is 12.1 Å². The summed E-state index contributed by atoms with van der Waals surface area (Å²) < 4.78 is 24.5. The molecule has 0 aliphatic rings. The molecule has 0 aliphatic carbocycles. The van der Waals surface area contributed by atoms with Gasteiger partial charge in [0.25, 0.3) is 6.43 Å². The number of halogens is 3. The molecule has 5 heteroatoms. The molecule has 1 aromatic carbocycles. The molecule has 0 saturated heterocycles. The Morgan fingerprint density at radius 1 is 1.20 bits per heavy atom. The largest absolute Gasteiger partial charge is 0.296 e. The molecular weight excluding hydrogens is 270 g/mol. The second-order valence-corrected chi connectivity index (χ2v) is 3.79. The van der Waals surface area contributed by atoms with Gasteiger partial charge in [0.2, 0.25) is 5.78 Å². The topological polar surface area (TPSA) is 34.1 Å². The van der Waals surface area contributed by atoms with Gasteiger partial charge in [-0.05, 0) is 12.1 Å². The van der Waals surface area contributed by atoms with Crippen molar-refractivity contribution in [3.05, 3.63) is 34.3 Å². The van der Waals surface area contributed by atoms with E-state index in [1.165, 1.54) is 12.1 Å². The number of Topliss-reactive ketones (excluding diaryl/α,β-unsaturated/α-hetero) is 2. The summed E-state index contributed by atoms with van der Waals surface area (Å²) in [5.41, 5.74) is 0.257. The second kappa shape index (κ2) is 5.11. The van der Waals surface area contributed by atoms with Crippen molar-refractivity contribution in [1.29, 1.82) is 0 Å². The molecule has 0 unspecified atom stereocenters. The summed E-state index contributed by atoms with van der Waals surface area (Å²) in [6.45, 7) is 0. The lowest BCUT2D eigenvalue weighted by molar-refractivity contribution is -0.128. The fourth-order valence-electron chi connectivity index (χ4n) is 0.973. The Balaban J connectivity index is 2.69. The Morgan fingerprint density at radius 2 is 1.73 bits per heavy atom. The highest BCUT2D eigenvalue weighted by Gasteiger charge is 2.19. The highest BCUT2D eigenvalue weighted by atomic mass is 79.9. The van der Waals surface area contributed by atoms with Crippen LogP contribution in [0.2, 0.25) is 0 Å². The first-order chi connectivity index (χ1) is 7.00. The number of hydrogen-bond donors (Lipinski definition) is 0. The molecule has 1 aromatic rings. The van der Waals surface area contributed by atoms with Crippen LogP contribution in [-0.4, -0.2) is 18.0 Å². The normalized spacial score (nSPS) is 10.4. The zero-order valence-corrected chi connectivity index (χ0v) is 9.13. The average Bonchev–Trinajstić information content (AvgIpc) is 2.18. The van der Waals surface area contributed by atoms with Crippen LogP contribution >= 0.6 is 15.9 Å². The summed E-state index contributed by atoms with van der Waals surface area (Å²) in [4.78, 5) is 21.9. The zero-order chi connectivity index (χ0) is 11.4. The van der Waals surface area contributed by atoms with Crippen LogP contribution in [0.4, 0.5) is 8.78 Å². The maximum Gasteiger partial charge on any atom is 0.296 e. The molecule has 0 fully saturated rings. The van der Waals surface area contributed by atoms with E-state index in [0.29, 0.717) is 0 Å². The highest BCUT2D eigenvalue weighted by Crippen LogP contribution is 2.12. The number of carbonyl (C=O) groups excluding carboxylic acids is 2. The third kappa shape index (κ3) is 3.51. The van der Waals surface area contributed by atoms with Crippen LogP contribution in [0.25, 0.3) is 0 Å². The fraction of sp³-hybridized carbons (Fsp3) is 0.200. The van der Waals surface area contributed by atoms with Gasteiger partial charge in [0.15, 0.2) is 5.78 Å². The maximum atomic E-state index is 11.9. The lowest BCUT2D eigenvalue weighted by atomic mass is 10.1. The Labute approximate surface area is 93.4 Å². The van der Waals surface area contributed by atoms with Crippen molar-refractivity contribution in [2.24, 2.45) is 0 Å². The zero-order valence-electron chi connectivity index (χ0n) is 7.54. The van der Waals surface area contributed by atoms with Crippen LogP contribution in [0, 0.1) is 0 Å². The molecule has 0 amide bonds.